The summed E-state index contributed by atoms with van der Waals surface area (Å²) in [6.07, 6.45) is -51.8. The molecule has 0 radical (unpaired) electrons. The second-order valence-electron chi connectivity index (χ2n) is 22.3. The van der Waals surface area contributed by atoms with Crippen molar-refractivity contribution < 1.29 is 322 Å². The fraction of sp³-hybridized carbons (Fsp3) is 0.632. The zero-order valence-corrected chi connectivity index (χ0v) is 59.7. The van der Waals surface area contributed by atoms with E-state index in [2.05, 4.69) is 125 Å². The van der Waals surface area contributed by atoms with Gasteiger partial charge in [0.05, 0.1) is 6.61 Å². The Labute approximate surface area is 674 Å². The van der Waals surface area contributed by atoms with Crippen LogP contribution in [-0.2, 0) is 99.5 Å². The molecule has 732 valence electrons. The number of hydrogen-bond donors (Lipinski definition) is 0. The largest absolute Gasteiger partial charge is 0.511 e. The molecule has 0 bridgehead atoms. The van der Waals surface area contributed by atoms with E-state index >= 15 is 0 Å². The summed E-state index contributed by atoms with van der Waals surface area (Å²) in [7, 11) is 0. The van der Waals surface area contributed by atoms with Crippen molar-refractivity contribution in [1.29, 1.82) is 0 Å². The van der Waals surface area contributed by atoms with Crippen LogP contribution < -0.4 is 0 Å². The van der Waals surface area contributed by atoms with Gasteiger partial charge in [0.15, 0.2) is 52.1 Å². The van der Waals surface area contributed by atoms with Crippen molar-refractivity contribution in [1.82, 2.24) is 0 Å². The van der Waals surface area contributed by atoms with Crippen molar-refractivity contribution in [3.05, 3.63) is 37.0 Å². The Hall–Kier alpha value is -10.9. The number of carbonyl (C=O) groups excluding carboxylic acids is 7. The predicted octanol–water partition coefficient (Wildman–Crippen LogP) is 16.0. The number of alkyl halides is 38. The third kappa shape index (κ3) is 26.4. The molecule has 7 atom stereocenters. The number of terminal acetylenes is 2. The van der Waals surface area contributed by atoms with Crippen LogP contribution in [0.3, 0.4) is 0 Å². The standard InChI is InChI=1S/C9H4F8O4.C8H4F8O4.C8H6F6O4.C8H4F6O4.C8H7F5O4.2C8H5F5O4/c10-7(11,12)2-1-3-20-6(4-19-5(18)21-6)8(13,14)9(15,16)17;9-3(4(10)11)1-19-6(2-18-5(17)20-6)7(12,13)8(14,15)16;1-4(9)2-17-6(3-16-5(15)18-6)7(10,11)8(12,13)14;9-2-1-3-17-6(4-16-5(15)18-6)7(10,11)8(12,13)14;3*1-2-3-16-6(4-15-5(14)17-6)7(9,10)8(11,12)13/h3-4H2;1-2H2;1-3H2;3-4H2;2H,1,3-4H2;2*1H,3-4H2. The molecule has 28 nitrogen and oxygen atoms in total. The van der Waals surface area contributed by atoms with Crippen LogP contribution in [0.5, 0.6) is 0 Å². The van der Waals surface area contributed by atoms with Gasteiger partial charge in [0, 0.05) is 5.92 Å². The molecular formula is C57H35F43O28. The molecule has 7 unspecified atom stereocenters. The number of ether oxygens (including phenoxy) is 21. The third-order valence-corrected chi connectivity index (χ3v) is 13.6. The molecule has 0 aliphatic carbocycles. The highest BCUT2D eigenvalue weighted by atomic mass is 19.5. The molecule has 0 aromatic carbocycles. The van der Waals surface area contributed by atoms with Crippen LogP contribution in [0.4, 0.5) is 222 Å². The Morgan fingerprint density at radius 1 is 0.320 bits per heavy atom. The van der Waals surface area contributed by atoms with Crippen molar-refractivity contribution in [2.24, 2.45) is 0 Å². The minimum atomic E-state index is -6.25. The van der Waals surface area contributed by atoms with E-state index in [-0.39, 0.29) is 0 Å². The molecule has 0 amide bonds. The minimum absolute atomic E-state index is 0.582. The van der Waals surface area contributed by atoms with Gasteiger partial charge in [0.2, 0.25) is 0 Å². The topological polar surface area (TPSA) is 313 Å². The molecule has 71 heteroatoms. The molecule has 7 heterocycles. The van der Waals surface area contributed by atoms with E-state index in [1.165, 1.54) is 11.8 Å². The van der Waals surface area contributed by atoms with Gasteiger partial charge in [0.1, 0.15) is 51.6 Å². The van der Waals surface area contributed by atoms with Crippen LogP contribution in [0.2, 0.25) is 0 Å². The number of carbonyl (C=O) groups is 7. The van der Waals surface area contributed by atoms with Crippen molar-refractivity contribution in [2.75, 3.05) is 92.5 Å². The summed E-state index contributed by atoms with van der Waals surface area (Å²) in [6.45, 7) is -13.3. The zero-order chi connectivity index (χ0) is 100. The van der Waals surface area contributed by atoms with E-state index in [9.17, 15) is 222 Å². The molecular weight excluding hydrogens is 1950 g/mol. The molecule has 0 N–H and O–H groups in total. The molecule has 0 saturated carbocycles. The first-order valence-corrected chi connectivity index (χ1v) is 30.2. The second-order valence-corrected chi connectivity index (χ2v) is 22.3. The average Bonchev–Trinajstić information content (AvgIpc) is 1.09. The van der Waals surface area contributed by atoms with E-state index in [1.54, 1.807) is 11.8 Å². The molecule has 0 aromatic rings. The number of halogens is 43. The van der Waals surface area contributed by atoms with Crippen molar-refractivity contribution in [2.45, 2.75) is 131 Å². The summed E-state index contributed by atoms with van der Waals surface area (Å²) >= 11 is 0. The first-order chi connectivity index (χ1) is 57.4. The second kappa shape index (κ2) is 41.2. The molecule has 7 aliphatic heterocycles. The van der Waals surface area contributed by atoms with Crippen molar-refractivity contribution in [3.8, 4) is 48.6 Å². The SMILES string of the molecule is C#CCOC1(C(F)(F)C(F)(F)F)COC(=O)O1.C#CCOC1(C(F)(F)C(F)(F)F)COC(=O)O1.C=C(F)COC1(C(F)(F)C(F)(F)F)COC(=O)O1.C=CCOC1(C(F)(F)C(F)(F)F)COC(=O)O1.O=C1OCC(OCC#CC(F)(F)F)(C(F)(F)C(F)(F)F)O1.O=C1OCC(OCC#CF)(C(F)(F)C(F)(F)F)O1.O=C1OCC(OCC(F)=C(F)F)(C(F)(F)C(F)(F)F)O1. The van der Waals surface area contributed by atoms with Gasteiger partial charge >= 0.3 is 181 Å². The first-order valence-electron chi connectivity index (χ1n) is 30.2. The highest BCUT2D eigenvalue weighted by molar-refractivity contribution is 5.65. The summed E-state index contributed by atoms with van der Waals surface area (Å²) in [6, 6.07) is 0. The van der Waals surface area contributed by atoms with E-state index in [0.29, 0.717) is 5.92 Å². The maximum absolute atomic E-state index is 13.2. The monoisotopic (exact) mass is 1980 g/mol. The third-order valence-electron chi connectivity index (χ3n) is 13.6. The number of rotatable bonds is 24. The molecule has 128 heavy (non-hydrogen) atoms. The lowest BCUT2D eigenvalue weighted by Crippen LogP contribution is -2.60. The van der Waals surface area contributed by atoms with Crippen LogP contribution in [-0.4, -0.2) is 267 Å². The van der Waals surface area contributed by atoms with Crippen molar-refractivity contribution >= 4 is 43.1 Å². The van der Waals surface area contributed by atoms with Gasteiger partial charge in [-0.3, -0.25) is 0 Å². The molecule has 0 aromatic heterocycles. The Balaban J connectivity index is 0.000000748. The zero-order valence-electron chi connectivity index (χ0n) is 59.7. The predicted molar refractivity (Wildman–Crippen MR) is 296 cm³/mol. The lowest BCUT2D eigenvalue weighted by Gasteiger charge is -2.33. The number of hydrogen-bond acceptors (Lipinski definition) is 28. The summed E-state index contributed by atoms with van der Waals surface area (Å²) in [5.74, 6) is -62.2. The smallest absolute Gasteiger partial charge is 0.427 e. The quantitative estimate of drug-likeness (QED) is 0.0285. The van der Waals surface area contributed by atoms with Gasteiger partial charge in [-0.1, -0.05) is 30.4 Å². The lowest BCUT2D eigenvalue weighted by molar-refractivity contribution is -0.392. The van der Waals surface area contributed by atoms with Gasteiger partial charge < -0.3 is 99.5 Å². The Morgan fingerprint density at radius 2 is 0.516 bits per heavy atom. The molecule has 7 rings (SSSR count). The van der Waals surface area contributed by atoms with E-state index in [1.807, 2.05) is 0 Å². The van der Waals surface area contributed by atoms with Crippen LogP contribution >= 0.6 is 0 Å². The van der Waals surface area contributed by atoms with Gasteiger partial charge in [-0.15, -0.1) is 23.8 Å². The number of cyclic esters (lactones) is 14. The summed E-state index contributed by atoms with van der Waals surface area (Å²) in [5.41, 5.74) is 0. The minimum Gasteiger partial charge on any atom is -0.427 e. The van der Waals surface area contributed by atoms with E-state index < -0.39 is 285 Å². The van der Waals surface area contributed by atoms with E-state index in [0.717, 1.165) is 12.3 Å². The highest BCUT2D eigenvalue weighted by Gasteiger charge is 2.83. The molecule has 7 aliphatic rings. The Morgan fingerprint density at radius 3 is 0.680 bits per heavy atom. The fourth-order valence-electron chi connectivity index (χ4n) is 7.57. The fourth-order valence-corrected chi connectivity index (χ4v) is 7.57. The molecule has 0 spiro atoms. The average molecular weight is 1980 g/mol. The van der Waals surface area contributed by atoms with Crippen molar-refractivity contribution in [3.63, 3.8) is 0 Å². The van der Waals surface area contributed by atoms with Gasteiger partial charge in [-0.25, -0.2) is 42.3 Å². The summed E-state index contributed by atoms with van der Waals surface area (Å²) < 4.78 is 616. The normalized spacial score (nSPS) is 24.3. The summed E-state index contributed by atoms with van der Waals surface area (Å²) in [5, 5.41) is 0. The van der Waals surface area contributed by atoms with Gasteiger partial charge in [-0.05, 0) is 5.92 Å². The molecule has 7 fully saturated rings. The highest BCUT2D eigenvalue weighted by Crippen LogP contribution is 2.55. The maximum Gasteiger partial charge on any atom is 0.511 e. The van der Waals surface area contributed by atoms with E-state index in [4.69, 9.17) is 0 Å². The first kappa shape index (κ1) is 115. The van der Waals surface area contributed by atoms with Crippen LogP contribution in [0.15, 0.2) is 37.0 Å². The van der Waals surface area contributed by atoms with Crippen LogP contribution in [0, 0.1) is 48.6 Å². The summed E-state index contributed by atoms with van der Waals surface area (Å²) in [4.78, 5) is 73.8. The van der Waals surface area contributed by atoms with Crippen LogP contribution in [0.25, 0.3) is 0 Å². The molecule has 7 saturated heterocycles. The maximum atomic E-state index is 13.2. The van der Waals surface area contributed by atoms with Gasteiger partial charge in [-0.2, -0.15) is 176 Å². The van der Waals surface area contributed by atoms with Crippen LogP contribution in [0.1, 0.15) is 0 Å². The lowest BCUT2D eigenvalue weighted by atomic mass is 10.1. The Bertz CT molecular complexity index is 4080. The van der Waals surface area contributed by atoms with Gasteiger partial charge in [0.25, 0.3) is 0 Å². The Kier molecular flexibility index (Phi) is 37.1.